The Kier molecular flexibility index (Phi) is 4.90. The van der Waals surface area contributed by atoms with Crippen LogP contribution in [-0.2, 0) is 10.0 Å². The largest absolute Gasteiger partial charge is 0.384 e. The Morgan fingerprint density at radius 1 is 1.10 bits per heavy atom. The summed E-state index contributed by atoms with van der Waals surface area (Å²) < 4.78 is 28.5. The minimum Gasteiger partial charge on any atom is -0.384 e. The summed E-state index contributed by atoms with van der Waals surface area (Å²) in [7, 11) is -3.64. The molecule has 6 heteroatoms. The Balaban J connectivity index is 2.39. The minimum absolute atomic E-state index is 0.235. The van der Waals surface area contributed by atoms with Crippen molar-refractivity contribution in [1.29, 1.82) is 0 Å². The maximum atomic E-state index is 12.6. The van der Waals surface area contributed by atoms with Gasteiger partial charge in [0.1, 0.15) is 4.90 Å². The van der Waals surface area contributed by atoms with Crippen LogP contribution in [0.2, 0.25) is 0 Å². The molecule has 2 N–H and O–H groups in total. The van der Waals surface area contributed by atoms with Gasteiger partial charge >= 0.3 is 0 Å². The number of aryl methyl sites for hydroxylation is 1. The third kappa shape index (κ3) is 3.77. The number of para-hydroxylation sites is 1. The van der Waals surface area contributed by atoms with Crippen molar-refractivity contribution in [1.82, 2.24) is 0 Å². The second kappa shape index (κ2) is 6.49. The van der Waals surface area contributed by atoms with Crippen molar-refractivity contribution < 1.29 is 8.42 Å². The summed E-state index contributed by atoms with van der Waals surface area (Å²) in [4.78, 5) is 0.235. The third-order valence-electron chi connectivity index (χ3n) is 2.91. The average molecular weight is 369 g/mol. The molecule has 0 saturated carbocycles. The molecule has 0 saturated heterocycles. The first-order valence-corrected chi connectivity index (χ1v) is 8.83. The van der Waals surface area contributed by atoms with Gasteiger partial charge in [-0.2, -0.15) is 0 Å². The number of rotatable bonds is 5. The number of hydrogen-bond acceptors (Lipinski definition) is 3. The van der Waals surface area contributed by atoms with Crippen LogP contribution in [-0.4, -0.2) is 15.0 Å². The number of sulfonamides is 1. The highest BCUT2D eigenvalue weighted by molar-refractivity contribution is 9.10. The van der Waals surface area contributed by atoms with Gasteiger partial charge in [0.15, 0.2) is 0 Å². The predicted octanol–water partition coefficient (Wildman–Crippen LogP) is 3.99. The Morgan fingerprint density at radius 3 is 2.48 bits per heavy atom. The molecule has 2 rings (SSSR count). The van der Waals surface area contributed by atoms with Crippen molar-refractivity contribution in [3.63, 3.8) is 0 Å². The molecule has 4 nitrogen and oxygen atoms in total. The van der Waals surface area contributed by atoms with Crippen molar-refractivity contribution in [3.8, 4) is 0 Å². The van der Waals surface area contributed by atoms with Crippen LogP contribution in [0.15, 0.2) is 51.8 Å². The van der Waals surface area contributed by atoms with E-state index in [1.165, 1.54) is 0 Å². The topological polar surface area (TPSA) is 58.2 Å². The molecule has 21 heavy (non-hydrogen) atoms. The van der Waals surface area contributed by atoms with Crippen molar-refractivity contribution in [2.75, 3.05) is 16.6 Å². The highest BCUT2D eigenvalue weighted by Crippen LogP contribution is 2.28. The molecular weight excluding hydrogens is 352 g/mol. The molecule has 0 unspecified atom stereocenters. The zero-order valence-electron chi connectivity index (χ0n) is 11.9. The molecule has 0 atom stereocenters. The maximum absolute atomic E-state index is 12.6. The van der Waals surface area contributed by atoms with Crippen molar-refractivity contribution in [3.05, 3.63) is 52.5 Å². The minimum atomic E-state index is -3.64. The summed E-state index contributed by atoms with van der Waals surface area (Å²) in [6.07, 6.45) is 0. The normalized spacial score (nSPS) is 11.2. The standard InChI is InChI=1S/C15H17BrN2O2S/c1-3-17-14-6-4-5-7-15(14)21(19,20)18-13-9-8-11(2)10-12(13)16/h4-10,17-18H,3H2,1-2H3. The molecule has 0 amide bonds. The Bertz CT molecular complexity index is 745. The fourth-order valence-corrected chi connectivity index (χ4v) is 3.93. The van der Waals surface area contributed by atoms with Gasteiger partial charge in [-0.05, 0) is 59.6 Å². The monoisotopic (exact) mass is 368 g/mol. The fraction of sp³-hybridized carbons (Fsp3) is 0.200. The van der Waals surface area contributed by atoms with Gasteiger partial charge in [-0.3, -0.25) is 4.72 Å². The van der Waals surface area contributed by atoms with Gasteiger partial charge < -0.3 is 5.32 Å². The van der Waals surface area contributed by atoms with Gasteiger partial charge in [0, 0.05) is 11.0 Å². The maximum Gasteiger partial charge on any atom is 0.263 e. The van der Waals surface area contributed by atoms with Gasteiger partial charge in [0.2, 0.25) is 0 Å². The van der Waals surface area contributed by atoms with Crippen LogP contribution in [0.3, 0.4) is 0 Å². The number of benzene rings is 2. The van der Waals surface area contributed by atoms with Crippen LogP contribution >= 0.6 is 15.9 Å². The van der Waals surface area contributed by atoms with Crippen molar-refractivity contribution in [2.45, 2.75) is 18.7 Å². The highest BCUT2D eigenvalue weighted by Gasteiger charge is 2.19. The molecule has 0 aliphatic carbocycles. The summed E-state index contributed by atoms with van der Waals surface area (Å²) in [6, 6.07) is 12.3. The van der Waals surface area contributed by atoms with Crippen molar-refractivity contribution >= 4 is 37.3 Å². The molecular formula is C15H17BrN2O2S. The van der Waals surface area contributed by atoms with E-state index in [1.807, 2.05) is 26.0 Å². The molecule has 0 fully saturated rings. The second-order valence-electron chi connectivity index (χ2n) is 4.62. The van der Waals surface area contributed by atoms with E-state index < -0.39 is 10.0 Å². The third-order valence-corrected chi connectivity index (χ3v) is 4.99. The van der Waals surface area contributed by atoms with Crippen LogP contribution in [0.25, 0.3) is 0 Å². The van der Waals surface area contributed by atoms with E-state index in [9.17, 15) is 8.42 Å². The lowest BCUT2D eigenvalue weighted by molar-refractivity contribution is 0.601. The van der Waals surface area contributed by atoms with E-state index >= 15 is 0 Å². The second-order valence-corrected chi connectivity index (χ2v) is 7.12. The SMILES string of the molecule is CCNc1ccccc1S(=O)(=O)Nc1ccc(C)cc1Br. The lowest BCUT2D eigenvalue weighted by Crippen LogP contribution is -2.15. The molecule has 0 heterocycles. The van der Waals surface area contributed by atoms with Crippen LogP contribution in [0.5, 0.6) is 0 Å². The van der Waals surface area contributed by atoms with Crippen LogP contribution in [0, 0.1) is 6.92 Å². The first kappa shape index (κ1) is 15.9. The quantitative estimate of drug-likeness (QED) is 0.838. The Hall–Kier alpha value is -1.53. The van der Waals surface area contributed by atoms with Crippen molar-refractivity contribution in [2.24, 2.45) is 0 Å². The van der Waals surface area contributed by atoms with Crippen LogP contribution in [0.4, 0.5) is 11.4 Å². The van der Waals surface area contributed by atoms with Crippen LogP contribution < -0.4 is 10.0 Å². The fourth-order valence-electron chi connectivity index (χ4n) is 1.94. The molecule has 112 valence electrons. The molecule has 2 aromatic rings. The molecule has 0 bridgehead atoms. The van der Waals surface area contributed by atoms with Gasteiger partial charge in [-0.15, -0.1) is 0 Å². The smallest absolute Gasteiger partial charge is 0.263 e. The van der Waals surface area contributed by atoms with E-state index in [0.717, 1.165) is 5.56 Å². The number of halogens is 1. The Morgan fingerprint density at radius 2 is 1.81 bits per heavy atom. The summed E-state index contributed by atoms with van der Waals surface area (Å²) in [5, 5.41) is 3.06. The zero-order valence-corrected chi connectivity index (χ0v) is 14.3. The summed E-state index contributed by atoms with van der Waals surface area (Å²) in [5.74, 6) is 0. The molecule has 0 radical (unpaired) electrons. The lowest BCUT2D eigenvalue weighted by Gasteiger charge is -2.14. The first-order chi connectivity index (χ1) is 9.94. The van der Waals surface area contributed by atoms with Gasteiger partial charge in [0.25, 0.3) is 10.0 Å². The molecule has 2 aromatic carbocycles. The summed E-state index contributed by atoms with van der Waals surface area (Å²) in [5.41, 5.74) is 2.17. The Labute approximate surface area is 133 Å². The summed E-state index contributed by atoms with van der Waals surface area (Å²) in [6.45, 7) is 4.53. The molecule has 0 aliphatic rings. The average Bonchev–Trinajstić information content (AvgIpc) is 2.43. The van der Waals surface area contributed by atoms with E-state index in [4.69, 9.17) is 0 Å². The van der Waals surface area contributed by atoms with E-state index in [0.29, 0.717) is 22.4 Å². The number of nitrogens with one attached hydrogen (secondary N) is 2. The van der Waals surface area contributed by atoms with Gasteiger partial charge in [-0.1, -0.05) is 18.2 Å². The number of hydrogen-bond donors (Lipinski definition) is 2. The number of anilines is 2. The van der Waals surface area contributed by atoms with Gasteiger partial charge in [-0.25, -0.2) is 8.42 Å². The lowest BCUT2D eigenvalue weighted by atomic mass is 10.2. The predicted molar refractivity (Wildman–Crippen MR) is 90.3 cm³/mol. The van der Waals surface area contributed by atoms with E-state index in [2.05, 4.69) is 26.0 Å². The highest BCUT2D eigenvalue weighted by atomic mass is 79.9. The van der Waals surface area contributed by atoms with Crippen LogP contribution in [0.1, 0.15) is 12.5 Å². The van der Waals surface area contributed by atoms with E-state index in [1.54, 1.807) is 30.3 Å². The summed E-state index contributed by atoms with van der Waals surface area (Å²) >= 11 is 3.38. The molecule has 0 aliphatic heterocycles. The first-order valence-electron chi connectivity index (χ1n) is 6.56. The van der Waals surface area contributed by atoms with E-state index in [-0.39, 0.29) is 4.90 Å². The van der Waals surface area contributed by atoms with Gasteiger partial charge in [0.05, 0.1) is 11.4 Å². The molecule has 0 aromatic heterocycles. The molecule has 0 spiro atoms. The zero-order chi connectivity index (χ0) is 15.5.